The molecule has 3 heteroatoms. The third kappa shape index (κ3) is 10.4. The quantitative estimate of drug-likeness (QED) is 0.235. The molecule has 153 valence electrons. The van der Waals surface area contributed by atoms with Crippen LogP contribution < -0.4 is 5.30 Å². The molecule has 0 aliphatic heterocycles. The molecule has 4 rings (SSSR count). The predicted molar refractivity (Wildman–Crippen MR) is 135 cm³/mol. The van der Waals surface area contributed by atoms with Crippen LogP contribution in [0.4, 0.5) is 0 Å². The van der Waals surface area contributed by atoms with Crippen LogP contribution in [0, 0.1) is 44.9 Å². The molecule has 0 amide bonds. The van der Waals surface area contributed by atoms with E-state index in [1.807, 2.05) is 30.3 Å². The van der Waals surface area contributed by atoms with Gasteiger partial charge in [-0.3, -0.25) is 0 Å². The Labute approximate surface area is 197 Å². The molecular formula is C25H40PSiTi. The number of benzene rings is 1. The summed E-state index contributed by atoms with van der Waals surface area (Å²) in [6.07, 6.45) is 21.1. The number of hydrogen-bond donors (Lipinski definition) is 0. The van der Waals surface area contributed by atoms with Crippen molar-refractivity contribution < 1.29 is 21.7 Å². The van der Waals surface area contributed by atoms with E-state index in [1.54, 1.807) is 12.2 Å². The van der Waals surface area contributed by atoms with E-state index in [-0.39, 0.29) is 47.5 Å². The van der Waals surface area contributed by atoms with Crippen LogP contribution in [-0.2, 0) is 21.7 Å². The Morgan fingerprint density at radius 2 is 1.50 bits per heavy atom. The molecule has 1 aromatic carbocycles. The van der Waals surface area contributed by atoms with Gasteiger partial charge in [-0.25, -0.2) is 0 Å². The summed E-state index contributed by atoms with van der Waals surface area (Å²) in [5, 5.41) is 1.24. The van der Waals surface area contributed by atoms with Crippen molar-refractivity contribution in [3.63, 3.8) is 0 Å². The third-order valence-corrected chi connectivity index (χ3v) is 5.41. The SMILES string of the molecule is C1=CC2[CH-]C3CCCCC3C2C=C1.C=CC=C.Pc1ccccc1.[CH3-].[CH3-].[SiH4].[Ti+3]. The Balaban J connectivity index is -0.000000365. The van der Waals surface area contributed by atoms with Gasteiger partial charge in [-0.2, -0.15) is 5.92 Å². The summed E-state index contributed by atoms with van der Waals surface area (Å²) in [6.45, 7) is 6.72. The van der Waals surface area contributed by atoms with Gasteiger partial charge in [-0.1, -0.05) is 105 Å². The summed E-state index contributed by atoms with van der Waals surface area (Å²) in [4.78, 5) is 0. The fourth-order valence-corrected chi connectivity index (χ4v) is 4.13. The molecule has 5 atom stereocenters. The second kappa shape index (κ2) is 18.6. The van der Waals surface area contributed by atoms with Crippen molar-refractivity contribution in [2.45, 2.75) is 25.7 Å². The molecule has 0 N–H and O–H groups in total. The van der Waals surface area contributed by atoms with Gasteiger partial charge in [0, 0.05) is 0 Å². The van der Waals surface area contributed by atoms with E-state index in [4.69, 9.17) is 0 Å². The van der Waals surface area contributed by atoms with E-state index in [2.05, 4.69) is 53.1 Å². The first-order valence-electron chi connectivity index (χ1n) is 9.00. The number of allylic oxidation sites excluding steroid dienone is 6. The van der Waals surface area contributed by atoms with Crippen molar-refractivity contribution in [1.82, 2.24) is 0 Å². The standard InChI is InChI=1S/C13H17.C6H7P.C4H6.2CH3.H4Si.Ti/c1-3-7-12-10(5-1)9-11-6-2-4-8-13(11)12;7-6-4-2-1-3-5-6;1-3-4-2;;;;/h1,3,5,7,9-13H,2,4,6,8H2;1-5H,7H2;3-4H,1-2H2;2*1H3;1H4;/q-1;;;2*-1;;+3. The second-order valence-corrected chi connectivity index (χ2v) is 7.28. The smallest absolute Gasteiger partial charge is 0.358 e. The summed E-state index contributed by atoms with van der Waals surface area (Å²) < 4.78 is 0. The third-order valence-electron chi connectivity index (χ3n) is 5.03. The zero-order valence-electron chi connectivity index (χ0n) is 17.1. The van der Waals surface area contributed by atoms with E-state index < -0.39 is 0 Å². The summed E-state index contributed by atoms with van der Waals surface area (Å²) in [5.74, 6) is 3.56. The largest absolute Gasteiger partial charge is 3.00 e. The fraction of sp³-hybridized carbons (Fsp3) is 0.320. The molecule has 0 aromatic heterocycles. The van der Waals surface area contributed by atoms with Gasteiger partial charge in [0.15, 0.2) is 0 Å². The van der Waals surface area contributed by atoms with Crippen LogP contribution in [0.3, 0.4) is 0 Å². The van der Waals surface area contributed by atoms with Gasteiger partial charge >= 0.3 is 21.7 Å². The first-order chi connectivity index (χ1) is 11.8. The van der Waals surface area contributed by atoms with Crippen molar-refractivity contribution in [3.05, 3.63) is 101 Å². The Bertz CT molecular complexity index is 561. The summed E-state index contributed by atoms with van der Waals surface area (Å²) in [5.41, 5.74) is 0. The minimum absolute atomic E-state index is 0. The molecule has 5 unspecified atom stereocenters. The van der Waals surface area contributed by atoms with E-state index in [0.717, 1.165) is 23.7 Å². The molecule has 3 aliphatic rings. The van der Waals surface area contributed by atoms with Crippen LogP contribution in [0.25, 0.3) is 0 Å². The molecule has 0 nitrogen and oxygen atoms in total. The number of hydrogen-bond acceptors (Lipinski definition) is 0. The fourth-order valence-electron chi connectivity index (χ4n) is 3.91. The van der Waals surface area contributed by atoms with Gasteiger partial charge < -0.3 is 21.3 Å². The van der Waals surface area contributed by atoms with Gasteiger partial charge in [0.2, 0.25) is 0 Å². The van der Waals surface area contributed by atoms with Crippen molar-refractivity contribution in [3.8, 4) is 0 Å². The van der Waals surface area contributed by atoms with Crippen LogP contribution in [0.5, 0.6) is 0 Å². The molecule has 1 aromatic rings. The Morgan fingerprint density at radius 1 is 0.929 bits per heavy atom. The maximum atomic E-state index is 3.36. The van der Waals surface area contributed by atoms with E-state index >= 15 is 0 Å². The van der Waals surface area contributed by atoms with Crippen LogP contribution in [0.2, 0.25) is 0 Å². The Morgan fingerprint density at radius 3 is 2.04 bits per heavy atom. The normalized spacial score (nSPS) is 24.9. The zero-order valence-corrected chi connectivity index (χ0v) is 19.8. The molecule has 2 fully saturated rings. The molecule has 0 spiro atoms. The molecule has 3 aliphatic carbocycles. The second-order valence-electron chi connectivity index (χ2n) is 6.61. The first-order valence-corrected chi connectivity index (χ1v) is 9.58. The van der Waals surface area contributed by atoms with Gasteiger partial charge in [0.25, 0.3) is 0 Å². The topological polar surface area (TPSA) is 0 Å². The number of fused-ring (bicyclic) bond motifs is 3. The molecule has 2 saturated carbocycles. The molecular weight excluding hydrogens is 407 g/mol. The zero-order chi connectivity index (χ0) is 17.2. The monoisotopic (exact) mass is 447 g/mol. The van der Waals surface area contributed by atoms with Crippen molar-refractivity contribution >= 4 is 25.5 Å². The van der Waals surface area contributed by atoms with Crippen LogP contribution >= 0.6 is 9.24 Å². The van der Waals surface area contributed by atoms with Crippen molar-refractivity contribution in [2.75, 3.05) is 0 Å². The van der Waals surface area contributed by atoms with Crippen molar-refractivity contribution in [2.24, 2.45) is 23.7 Å². The van der Waals surface area contributed by atoms with Gasteiger partial charge in [0.05, 0.1) is 0 Å². The summed E-state index contributed by atoms with van der Waals surface area (Å²) in [7, 11) is 2.63. The number of rotatable bonds is 1. The van der Waals surface area contributed by atoms with Crippen LogP contribution in [0.1, 0.15) is 25.7 Å². The average Bonchev–Trinajstić information content (AvgIpc) is 3.02. The summed E-state index contributed by atoms with van der Waals surface area (Å²) >= 11 is 0. The van der Waals surface area contributed by atoms with Crippen LogP contribution in [0.15, 0.2) is 79.9 Å². The minimum atomic E-state index is 0. The van der Waals surface area contributed by atoms with E-state index in [1.165, 1.54) is 31.0 Å². The molecule has 0 heterocycles. The molecule has 0 bridgehead atoms. The molecule has 1 radical (unpaired) electrons. The minimum Gasteiger partial charge on any atom is -0.358 e. The van der Waals surface area contributed by atoms with Crippen LogP contribution in [-0.4, -0.2) is 11.0 Å². The van der Waals surface area contributed by atoms with Gasteiger partial charge in [0.1, 0.15) is 0 Å². The first kappa shape index (κ1) is 32.2. The Kier molecular flexibility index (Phi) is 21.4. The Hall–Kier alpha value is -0.459. The predicted octanol–water partition coefficient (Wildman–Crippen LogP) is 5.36. The maximum absolute atomic E-state index is 3.36. The molecule has 28 heavy (non-hydrogen) atoms. The van der Waals surface area contributed by atoms with E-state index in [9.17, 15) is 0 Å². The maximum Gasteiger partial charge on any atom is 3.00 e. The van der Waals surface area contributed by atoms with Gasteiger partial charge in [-0.05, 0) is 22.2 Å². The average molecular weight is 448 g/mol. The van der Waals surface area contributed by atoms with Crippen molar-refractivity contribution in [1.29, 1.82) is 0 Å². The van der Waals surface area contributed by atoms with E-state index in [0.29, 0.717) is 0 Å². The van der Waals surface area contributed by atoms with Gasteiger partial charge in [-0.15, -0.1) is 21.2 Å². The summed E-state index contributed by atoms with van der Waals surface area (Å²) in [6, 6.07) is 10.1. The molecule has 0 saturated heterocycles.